The number of nitrogens with zero attached hydrogens (tertiary/aromatic N) is 3. The number of halogens is 1. The lowest BCUT2D eigenvalue weighted by molar-refractivity contribution is 0.0566. The Bertz CT molecular complexity index is 523. The molecule has 0 bridgehead atoms. The van der Waals surface area contributed by atoms with E-state index in [1.54, 1.807) is 12.1 Å². The van der Waals surface area contributed by atoms with Gasteiger partial charge in [0.05, 0.1) is 5.02 Å². The van der Waals surface area contributed by atoms with Gasteiger partial charge in [-0.3, -0.25) is 9.69 Å². The second-order valence-corrected chi connectivity index (χ2v) is 5.66. The zero-order chi connectivity index (χ0) is 14.1. The van der Waals surface area contributed by atoms with E-state index >= 15 is 0 Å². The highest BCUT2D eigenvalue weighted by Crippen LogP contribution is 2.24. The summed E-state index contributed by atoms with van der Waals surface area (Å²) in [5, 5.41) is 0.364. The number of nitrogens with one attached hydrogen (secondary N) is 1. The largest absolute Gasteiger partial charge is 0.334 e. The summed E-state index contributed by atoms with van der Waals surface area (Å²) in [5.41, 5.74) is 2.71. The number of piperazine rings is 1. The second-order valence-electron chi connectivity index (χ2n) is 5.25. The van der Waals surface area contributed by atoms with Crippen LogP contribution in [-0.4, -0.2) is 52.9 Å². The van der Waals surface area contributed by atoms with Crippen LogP contribution in [0.25, 0.3) is 0 Å². The van der Waals surface area contributed by atoms with Crippen molar-refractivity contribution in [1.29, 1.82) is 0 Å². The fourth-order valence-electron chi connectivity index (χ4n) is 3.00. The summed E-state index contributed by atoms with van der Waals surface area (Å²) in [5.74, 6) is 5.66. The zero-order valence-corrected chi connectivity index (χ0v) is 11.9. The van der Waals surface area contributed by atoms with Crippen LogP contribution >= 0.6 is 11.6 Å². The number of fused-ring (bicyclic) bond motifs is 1. The first kappa shape index (κ1) is 13.6. The highest BCUT2D eigenvalue weighted by atomic mass is 35.5. The number of pyridine rings is 1. The van der Waals surface area contributed by atoms with Crippen molar-refractivity contribution in [1.82, 2.24) is 14.8 Å². The maximum absolute atomic E-state index is 12.6. The van der Waals surface area contributed by atoms with E-state index in [1.807, 2.05) is 4.90 Å². The SMILES string of the molecule is NNc1ccc(Cl)c(C(=O)N2CCN3CCCC3C2)n1. The minimum absolute atomic E-state index is 0.112. The Morgan fingerprint density at radius 2 is 2.25 bits per heavy atom. The van der Waals surface area contributed by atoms with E-state index in [9.17, 15) is 4.79 Å². The van der Waals surface area contributed by atoms with E-state index in [4.69, 9.17) is 17.4 Å². The summed E-state index contributed by atoms with van der Waals surface area (Å²) < 4.78 is 0. The van der Waals surface area contributed by atoms with Crippen molar-refractivity contribution in [2.75, 3.05) is 31.6 Å². The van der Waals surface area contributed by atoms with Gasteiger partial charge < -0.3 is 10.3 Å². The summed E-state index contributed by atoms with van der Waals surface area (Å²) in [4.78, 5) is 21.1. The van der Waals surface area contributed by atoms with Crippen LogP contribution in [0.3, 0.4) is 0 Å². The van der Waals surface area contributed by atoms with Gasteiger partial charge in [0.15, 0.2) is 0 Å². The number of nitrogen functional groups attached to an aromatic ring is 1. The molecule has 1 amide bonds. The molecule has 20 heavy (non-hydrogen) atoms. The number of hydrogen-bond acceptors (Lipinski definition) is 5. The number of hydrogen-bond donors (Lipinski definition) is 2. The van der Waals surface area contributed by atoms with Crippen LogP contribution in [0.5, 0.6) is 0 Å². The topological polar surface area (TPSA) is 74.5 Å². The van der Waals surface area contributed by atoms with E-state index in [0.29, 0.717) is 16.9 Å². The summed E-state index contributed by atoms with van der Waals surface area (Å²) >= 11 is 6.09. The van der Waals surface area contributed by atoms with Gasteiger partial charge in [0.25, 0.3) is 5.91 Å². The Kier molecular flexibility index (Phi) is 3.78. The molecule has 3 N–H and O–H groups in total. The van der Waals surface area contributed by atoms with E-state index < -0.39 is 0 Å². The van der Waals surface area contributed by atoms with Crippen LogP contribution in [-0.2, 0) is 0 Å². The monoisotopic (exact) mass is 295 g/mol. The Morgan fingerprint density at radius 3 is 3.05 bits per heavy atom. The van der Waals surface area contributed by atoms with Crippen LogP contribution in [0.4, 0.5) is 5.82 Å². The number of nitrogens with two attached hydrogens (primary N) is 1. The quantitative estimate of drug-likeness (QED) is 0.627. The lowest BCUT2D eigenvalue weighted by atomic mass is 10.1. The zero-order valence-electron chi connectivity index (χ0n) is 11.2. The van der Waals surface area contributed by atoms with Crippen molar-refractivity contribution in [3.05, 3.63) is 22.8 Å². The first-order valence-electron chi connectivity index (χ1n) is 6.85. The van der Waals surface area contributed by atoms with E-state index in [0.717, 1.165) is 32.6 Å². The molecule has 0 aromatic carbocycles. The molecular formula is C13H18ClN5O. The molecule has 6 nitrogen and oxygen atoms in total. The number of anilines is 1. The Morgan fingerprint density at radius 1 is 1.40 bits per heavy atom. The maximum atomic E-state index is 12.6. The molecule has 1 aromatic rings. The molecule has 0 radical (unpaired) electrons. The standard InChI is InChI=1S/C13H18ClN5O/c14-10-3-4-11(17-15)16-12(10)13(20)19-7-6-18-5-1-2-9(18)8-19/h3-4,9H,1-2,5-8,15H2,(H,16,17). The van der Waals surface area contributed by atoms with Crippen LogP contribution in [0.15, 0.2) is 12.1 Å². The van der Waals surface area contributed by atoms with Crippen molar-refractivity contribution in [2.24, 2.45) is 5.84 Å². The van der Waals surface area contributed by atoms with Gasteiger partial charge in [0, 0.05) is 25.7 Å². The summed E-state index contributed by atoms with van der Waals surface area (Å²) in [6.45, 7) is 3.58. The first-order valence-corrected chi connectivity index (χ1v) is 7.23. The highest BCUT2D eigenvalue weighted by molar-refractivity contribution is 6.33. The maximum Gasteiger partial charge on any atom is 0.274 e. The van der Waals surface area contributed by atoms with Gasteiger partial charge in [-0.25, -0.2) is 10.8 Å². The molecule has 2 saturated heterocycles. The average molecular weight is 296 g/mol. The fourth-order valence-corrected chi connectivity index (χ4v) is 3.18. The fraction of sp³-hybridized carbons (Fsp3) is 0.538. The molecule has 1 atom stereocenters. The molecule has 2 fully saturated rings. The Labute approximate surface area is 122 Å². The van der Waals surface area contributed by atoms with Gasteiger partial charge in [-0.2, -0.15) is 0 Å². The molecule has 0 spiro atoms. The minimum atomic E-state index is -0.112. The molecule has 2 aliphatic rings. The van der Waals surface area contributed by atoms with Gasteiger partial charge in [0.2, 0.25) is 0 Å². The summed E-state index contributed by atoms with van der Waals surface area (Å²) in [7, 11) is 0. The lowest BCUT2D eigenvalue weighted by Crippen LogP contribution is -2.52. The summed E-state index contributed by atoms with van der Waals surface area (Å²) in [6.07, 6.45) is 2.38. The van der Waals surface area contributed by atoms with E-state index in [1.165, 1.54) is 6.42 Å². The van der Waals surface area contributed by atoms with Gasteiger partial charge in [-0.1, -0.05) is 11.6 Å². The number of hydrazine groups is 1. The molecule has 3 heterocycles. The van der Waals surface area contributed by atoms with Crippen LogP contribution in [0.2, 0.25) is 5.02 Å². The van der Waals surface area contributed by atoms with Crippen molar-refractivity contribution in [2.45, 2.75) is 18.9 Å². The average Bonchev–Trinajstić information content (AvgIpc) is 2.94. The normalized spacial score (nSPS) is 22.7. The molecule has 2 aliphatic heterocycles. The van der Waals surface area contributed by atoms with Gasteiger partial charge in [-0.15, -0.1) is 0 Å². The molecule has 7 heteroatoms. The van der Waals surface area contributed by atoms with Gasteiger partial charge in [-0.05, 0) is 31.5 Å². The molecule has 0 aliphatic carbocycles. The van der Waals surface area contributed by atoms with E-state index in [2.05, 4.69) is 15.3 Å². The predicted octanol–water partition coefficient (Wildman–Crippen LogP) is 0.941. The van der Waals surface area contributed by atoms with Crippen molar-refractivity contribution in [3.63, 3.8) is 0 Å². The van der Waals surface area contributed by atoms with E-state index in [-0.39, 0.29) is 11.6 Å². The van der Waals surface area contributed by atoms with Gasteiger partial charge in [0.1, 0.15) is 11.5 Å². The second kappa shape index (κ2) is 5.55. The third kappa shape index (κ3) is 2.46. The highest BCUT2D eigenvalue weighted by Gasteiger charge is 2.33. The predicted molar refractivity (Wildman–Crippen MR) is 77.6 cm³/mol. The van der Waals surface area contributed by atoms with Crippen LogP contribution < -0.4 is 11.3 Å². The van der Waals surface area contributed by atoms with Crippen LogP contribution in [0, 0.1) is 0 Å². The molecule has 1 aromatic heterocycles. The Balaban J connectivity index is 1.78. The molecule has 0 saturated carbocycles. The minimum Gasteiger partial charge on any atom is -0.334 e. The number of amides is 1. The summed E-state index contributed by atoms with van der Waals surface area (Å²) in [6, 6.07) is 3.78. The molecular weight excluding hydrogens is 278 g/mol. The van der Waals surface area contributed by atoms with Crippen molar-refractivity contribution >= 4 is 23.3 Å². The lowest BCUT2D eigenvalue weighted by Gasteiger charge is -2.37. The smallest absolute Gasteiger partial charge is 0.274 e. The third-order valence-electron chi connectivity index (χ3n) is 4.07. The Hall–Kier alpha value is -1.37. The molecule has 108 valence electrons. The molecule has 3 rings (SSSR count). The van der Waals surface area contributed by atoms with Crippen LogP contribution in [0.1, 0.15) is 23.3 Å². The number of carbonyl (C=O) groups is 1. The van der Waals surface area contributed by atoms with Gasteiger partial charge >= 0.3 is 0 Å². The first-order chi connectivity index (χ1) is 9.69. The van der Waals surface area contributed by atoms with Crippen molar-refractivity contribution in [3.8, 4) is 0 Å². The molecule has 1 unspecified atom stereocenters. The number of aromatic nitrogens is 1. The number of carbonyl (C=O) groups excluding carboxylic acids is 1. The number of rotatable bonds is 2. The third-order valence-corrected chi connectivity index (χ3v) is 4.38. The van der Waals surface area contributed by atoms with Crippen molar-refractivity contribution < 1.29 is 4.79 Å².